The molecule has 0 aliphatic carbocycles. The van der Waals surface area contributed by atoms with E-state index in [0.717, 1.165) is 11.1 Å². The molecule has 0 saturated carbocycles. The van der Waals surface area contributed by atoms with Crippen LogP contribution >= 0.6 is 0 Å². The summed E-state index contributed by atoms with van der Waals surface area (Å²) in [7, 11) is 3.04. The predicted octanol–water partition coefficient (Wildman–Crippen LogP) is 1.90. The highest BCUT2D eigenvalue weighted by Crippen LogP contribution is 2.30. The van der Waals surface area contributed by atoms with Crippen LogP contribution in [-0.4, -0.2) is 28.8 Å². The summed E-state index contributed by atoms with van der Waals surface area (Å²) < 4.78 is 39.5. The van der Waals surface area contributed by atoms with Crippen LogP contribution in [0.4, 0.5) is 13.2 Å². The number of aromatic nitrogens is 2. The van der Waals surface area contributed by atoms with E-state index in [1.807, 2.05) is 13.8 Å². The minimum Gasteiger partial charge on any atom is -0.354 e. The van der Waals surface area contributed by atoms with Crippen molar-refractivity contribution >= 4 is 5.96 Å². The first-order valence-electron chi connectivity index (χ1n) is 6.34. The van der Waals surface area contributed by atoms with Crippen molar-refractivity contribution < 1.29 is 13.2 Å². The van der Waals surface area contributed by atoms with Crippen molar-refractivity contribution in [2.45, 2.75) is 39.0 Å². The van der Waals surface area contributed by atoms with Crippen molar-refractivity contribution in [1.29, 1.82) is 0 Å². The summed E-state index contributed by atoms with van der Waals surface area (Å²) in [6, 6.07) is 0.192. The lowest BCUT2D eigenvalue weighted by Gasteiger charge is -2.16. The van der Waals surface area contributed by atoms with E-state index in [1.54, 1.807) is 7.05 Å². The number of aryl methyl sites for hydroxylation is 1. The van der Waals surface area contributed by atoms with Gasteiger partial charge in [-0.25, -0.2) is 0 Å². The van der Waals surface area contributed by atoms with Gasteiger partial charge in [-0.3, -0.25) is 9.67 Å². The molecule has 20 heavy (non-hydrogen) atoms. The minimum absolute atomic E-state index is 0.0127. The lowest BCUT2D eigenvalue weighted by atomic mass is 10.2. The lowest BCUT2D eigenvalue weighted by molar-refractivity contribution is -0.142. The molecule has 1 unspecified atom stereocenters. The highest BCUT2D eigenvalue weighted by Gasteiger charge is 2.36. The second-order valence-corrected chi connectivity index (χ2v) is 4.55. The molecule has 0 radical (unpaired) electrons. The number of aliphatic imine (C=N–C) groups is 1. The van der Waals surface area contributed by atoms with E-state index in [2.05, 4.69) is 20.7 Å². The molecule has 8 heteroatoms. The number of guanidine groups is 1. The number of hydrogen-bond donors (Lipinski definition) is 2. The average molecular weight is 291 g/mol. The van der Waals surface area contributed by atoms with Gasteiger partial charge in [0.05, 0.1) is 0 Å². The zero-order valence-electron chi connectivity index (χ0n) is 12.0. The summed E-state index contributed by atoms with van der Waals surface area (Å²) in [6.45, 7) is 3.99. The topological polar surface area (TPSA) is 54.2 Å². The van der Waals surface area contributed by atoms with Gasteiger partial charge in [0.25, 0.3) is 0 Å². The van der Waals surface area contributed by atoms with Crippen LogP contribution in [0.5, 0.6) is 0 Å². The summed E-state index contributed by atoms with van der Waals surface area (Å²) in [5, 5.41) is 9.40. The maximum absolute atomic E-state index is 12.8. The second-order valence-electron chi connectivity index (χ2n) is 4.55. The highest BCUT2D eigenvalue weighted by atomic mass is 19.4. The fourth-order valence-electron chi connectivity index (χ4n) is 1.61. The predicted molar refractivity (Wildman–Crippen MR) is 71.3 cm³/mol. The average Bonchev–Trinajstić information content (AvgIpc) is 2.75. The van der Waals surface area contributed by atoms with Gasteiger partial charge < -0.3 is 10.6 Å². The molecule has 0 saturated heterocycles. The molecular weight excluding hydrogens is 271 g/mol. The van der Waals surface area contributed by atoms with Crippen molar-refractivity contribution in [3.05, 3.63) is 17.5 Å². The lowest BCUT2D eigenvalue weighted by Crippen LogP contribution is -2.41. The van der Waals surface area contributed by atoms with Gasteiger partial charge >= 0.3 is 6.18 Å². The Hall–Kier alpha value is -1.73. The first-order valence-corrected chi connectivity index (χ1v) is 6.34. The van der Waals surface area contributed by atoms with Gasteiger partial charge in [0.15, 0.2) is 11.7 Å². The van der Waals surface area contributed by atoms with Gasteiger partial charge in [-0.05, 0) is 13.3 Å². The quantitative estimate of drug-likeness (QED) is 0.658. The zero-order valence-corrected chi connectivity index (χ0v) is 12.0. The van der Waals surface area contributed by atoms with E-state index in [4.69, 9.17) is 0 Å². The van der Waals surface area contributed by atoms with E-state index in [0.29, 0.717) is 5.96 Å². The van der Waals surface area contributed by atoms with Gasteiger partial charge in [-0.1, -0.05) is 6.92 Å². The summed E-state index contributed by atoms with van der Waals surface area (Å²) in [4.78, 5) is 3.98. The first-order chi connectivity index (χ1) is 9.27. The zero-order chi connectivity index (χ0) is 15.3. The fourth-order valence-corrected chi connectivity index (χ4v) is 1.61. The Morgan fingerprint density at radius 2 is 2.15 bits per heavy atom. The van der Waals surface area contributed by atoms with E-state index in [-0.39, 0.29) is 18.2 Å². The van der Waals surface area contributed by atoms with E-state index >= 15 is 0 Å². The number of hydrogen-bond acceptors (Lipinski definition) is 2. The molecule has 5 nitrogen and oxygen atoms in total. The van der Waals surface area contributed by atoms with Crippen molar-refractivity contribution in [2.75, 3.05) is 7.05 Å². The number of rotatable bonds is 4. The van der Waals surface area contributed by atoms with Crippen molar-refractivity contribution in [3.63, 3.8) is 0 Å². The Kier molecular flexibility index (Phi) is 5.41. The smallest absolute Gasteiger partial charge is 0.354 e. The number of nitrogens with zero attached hydrogens (tertiary/aromatic N) is 3. The van der Waals surface area contributed by atoms with E-state index in [9.17, 15) is 13.2 Å². The fraction of sp³-hybridized carbons (Fsp3) is 0.667. The van der Waals surface area contributed by atoms with Crippen LogP contribution in [0.3, 0.4) is 0 Å². The van der Waals surface area contributed by atoms with Crippen molar-refractivity contribution in [1.82, 2.24) is 20.4 Å². The molecule has 2 N–H and O–H groups in total. The molecule has 1 aromatic rings. The molecule has 0 aliphatic rings. The Morgan fingerprint density at radius 1 is 1.50 bits per heavy atom. The molecule has 1 rings (SSSR count). The normalized spacial score (nSPS) is 14.2. The van der Waals surface area contributed by atoms with Crippen molar-refractivity contribution in [3.8, 4) is 0 Å². The maximum Gasteiger partial charge on any atom is 0.435 e. The van der Waals surface area contributed by atoms with Gasteiger partial charge in [-0.2, -0.15) is 18.3 Å². The number of nitrogens with one attached hydrogen (secondary N) is 2. The Balaban J connectivity index is 2.74. The van der Waals surface area contributed by atoms with Crippen LogP contribution in [0.2, 0.25) is 0 Å². The van der Waals surface area contributed by atoms with Gasteiger partial charge in [0, 0.05) is 38.4 Å². The first kappa shape index (κ1) is 16.3. The monoisotopic (exact) mass is 291 g/mol. The second kappa shape index (κ2) is 6.62. The molecule has 1 heterocycles. The third-order valence-corrected chi connectivity index (χ3v) is 2.84. The Bertz CT molecular complexity index is 464. The number of alkyl halides is 3. The largest absolute Gasteiger partial charge is 0.435 e. The third kappa shape index (κ3) is 4.43. The molecule has 1 atom stereocenters. The molecular formula is C12H20F3N5. The highest BCUT2D eigenvalue weighted by molar-refractivity contribution is 5.79. The van der Waals surface area contributed by atoms with E-state index in [1.165, 1.54) is 13.2 Å². The summed E-state index contributed by atoms with van der Waals surface area (Å²) in [6.07, 6.45) is -2.21. The molecule has 114 valence electrons. The molecule has 0 amide bonds. The molecule has 0 aromatic carbocycles. The van der Waals surface area contributed by atoms with Gasteiger partial charge in [0.1, 0.15) is 0 Å². The van der Waals surface area contributed by atoms with Crippen LogP contribution in [0.25, 0.3) is 0 Å². The molecule has 0 spiro atoms. The van der Waals surface area contributed by atoms with Crippen LogP contribution in [-0.2, 0) is 19.8 Å². The van der Waals surface area contributed by atoms with Crippen LogP contribution in [0, 0.1) is 0 Å². The van der Waals surface area contributed by atoms with E-state index < -0.39 is 11.9 Å². The summed E-state index contributed by atoms with van der Waals surface area (Å²) in [5.41, 5.74) is -0.779. The van der Waals surface area contributed by atoms with Crippen LogP contribution < -0.4 is 10.6 Å². The SMILES string of the molecule is CCC(C)NC(=NC)NCc1cn(C)nc1C(F)(F)F. The van der Waals surface area contributed by atoms with Crippen molar-refractivity contribution in [2.24, 2.45) is 12.0 Å². The standard InChI is InChI=1S/C12H20F3N5/c1-5-8(2)18-11(16-3)17-6-9-7-20(4)19-10(9)12(13,14)15/h7-8H,5-6H2,1-4H3,(H2,16,17,18). The van der Waals surface area contributed by atoms with Gasteiger partial charge in [-0.15, -0.1) is 0 Å². The maximum atomic E-state index is 12.8. The Labute approximate surface area is 116 Å². The summed E-state index contributed by atoms with van der Waals surface area (Å²) in [5.74, 6) is 0.469. The van der Waals surface area contributed by atoms with Crippen LogP contribution in [0.1, 0.15) is 31.5 Å². The third-order valence-electron chi connectivity index (χ3n) is 2.84. The molecule has 0 fully saturated rings. The molecule has 1 aromatic heterocycles. The Morgan fingerprint density at radius 3 is 2.65 bits per heavy atom. The van der Waals surface area contributed by atoms with Gasteiger partial charge in [0.2, 0.25) is 0 Å². The molecule has 0 bridgehead atoms. The molecule has 0 aliphatic heterocycles. The summed E-state index contributed by atoms with van der Waals surface area (Å²) >= 11 is 0. The number of halogens is 3. The minimum atomic E-state index is -4.45. The van der Waals surface area contributed by atoms with Crippen LogP contribution in [0.15, 0.2) is 11.2 Å².